The van der Waals surface area contributed by atoms with E-state index in [-0.39, 0.29) is 18.9 Å². The van der Waals surface area contributed by atoms with Gasteiger partial charge in [-0.15, -0.1) is 0 Å². The lowest BCUT2D eigenvalue weighted by molar-refractivity contribution is -0.298. The highest BCUT2D eigenvalue weighted by molar-refractivity contribution is 7.80. The number of nitrogens with one attached hydrogen (secondary N) is 1. The SMILES string of the molecule is CCCCCCCCC/C=C\CCCCCCCC(=O)NC(COC1OC(CO)C(O)C(OS(=O)(=O)O)C1O)C(O)CCCCCCCCCCCCC. The zero-order valence-electron chi connectivity index (χ0n) is 33.8. The third-order valence-electron chi connectivity index (χ3n) is 10.3. The van der Waals surface area contributed by atoms with Crippen LogP contribution in [0.4, 0.5) is 0 Å². The molecule has 320 valence electrons. The zero-order valence-corrected chi connectivity index (χ0v) is 34.6. The third kappa shape index (κ3) is 25.9. The Labute approximate surface area is 328 Å². The monoisotopic (exact) mass is 794 g/mol. The molecule has 0 aromatic heterocycles. The maximum atomic E-state index is 13.0. The molecular formula is C41H79NO11S. The molecule has 0 bridgehead atoms. The molecule has 1 saturated heterocycles. The molecule has 6 N–H and O–H groups in total. The van der Waals surface area contributed by atoms with Crippen LogP contribution in [0.1, 0.15) is 187 Å². The number of hydrogen-bond donors (Lipinski definition) is 6. The summed E-state index contributed by atoms with van der Waals surface area (Å²) in [5, 5.41) is 44.7. The number of hydrogen-bond acceptors (Lipinski definition) is 10. The number of ether oxygens (including phenoxy) is 2. The van der Waals surface area contributed by atoms with Crippen LogP contribution in [-0.2, 0) is 28.9 Å². The van der Waals surface area contributed by atoms with Crippen LogP contribution >= 0.6 is 0 Å². The second-order valence-electron chi connectivity index (χ2n) is 15.3. The number of rotatable bonds is 36. The minimum atomic E-state index is -5.07. The Hall–Kier alpha value is -1.16. The number of unbranched alkanes of at least 4 members (excludes halogenated alkanes) is 22. The standard InChI is InChI=1S/C41H79NO11S/c1-3-5-7-9-11-13-15-16-17-18-19-21-23-25-27-29-31-37(45)42-34(35(44)30-28-26-24-22-20-14-12-10-8-6-4-2)33-51-41-39(47)40(53-54(48,49)50)38(46)36(32-43)52-41/h17-18,34-36,38-41,43-44,46-47H,3-16,19-33H2,1-2H3,(H,42,45)(H,48,49,50)/b18-17-. The summed E-state index contributed by atoms with van der Waals surface area (Å²) in [6.07, 6.45) is 25.0. The molecule has 0 spiro atoms. The molecule has 1 aliphatic rings. The molecule has 1 fully saturated rings. The molecule has 0 aromatic carbocycles. The van der Waals surface area contributed by atoms with Crippen LogP contribution in [0, 0.1) is 0 Å². The van der Waals surface area contributed by atoms with Gasteiger partial charge in [-0.05, 0) is 38.5 Å². The second-order valence-corrected chi connectivity index (χ2v) is 16.3. The highest BCUT2D eigenvalue weighted by atomic mass is 32.3. The Kier molecular flexibility index (Phi) is 31.0. The first-order valence-corrected chi connectivity index (χ1v) is 22.9. The van der Waals surface area contributed by atoms with Gasteiger partial charge in [-0.25, -0.2) is 4.18 Å². The predicted molar refractivity (Wildman–Crippen MR) is 213 cm³/mol. The summed E-state index contributed by atoms with van der Waals surface area (Å²) in [4.78, 5) is 13.0. The molecule has 0 saturated carbocycles. The van der Waals surface area contributed by atoms with Crippen LogP contribution in [0.25, 0.3) is 0 Å². The summed E-state index contributed by atoms with van der Waals surface area (Å²) >= 11 is 0. The van der Waals surface area contributed by atoms with Gasteiger partial charge in [-0.1, -0.05) is 154 Å². The normalized spacial score (nSPS) is 21.8. The molecular weight excluding hydrogens is 715 g/mol. The molecule has 7 unspecified atom stereocenters. The topological polar surface area (TPSA) is 192 Å². The molecule has 54 heavy (non-hydrogen) atoms. The summed E-state index contributed by atoms with van der Waals surface area (Å²) < 4.78 is 47.5. The molecule has 1 heterocycles. The first-order valence-electron chi connectivity index (χ1n) is 21.6. The third-order valence-corrected chi connectivity index (χ3v) is 10.8. The fraction of sp³-hybridized carbons (Fsp3) is 0.927. The van der Waals surface area contributed by atoms with E-state index in [4.69, 9.17) is 14.0 Å². The highest BCUT2D eigenvalue weighted by Gasteiger charge is 2.48. The minimum absolute atomic E-state index is 0.240. The van der Waals surface area contributed by atoms with Crippen molar-refractivity contribution in [3.63, 3.8) is 0 Å². The maximum absolute atomic E-state index is 13.0. The van der Waals surface area contributed by atoms with Gasteiger partial charge < -0.3 is 35.2 Å². The zero-order chi connectivity index (χ0) is 39.9. The van der Waals surface area contributed by atoms with Crippen molar-refractivity contribution >= 4 is 16.3 Å². The molecule has 0 radical (unpaired) electrons. The van der Waals surface area contributed by atoms with E-state index >= 15 is 0 Å². The van der Waals surface area contributed by atoms with Crippen molar-refractivity contribution in [1.29, 1.82) is 0 Å². The smallest absolute Gasteiger partial charge is 0.394 e. The quantitative estimate of drug-likeness (QED) is 0.0208. The van der Waals surface area contributed by atoms with E-state index in [1.807, 2.05) is 0 Å². The van der Waals surface area contributed by atoms with E-state index in [1.165, 1.54) is 89.9 Å². The van der Waals surface area contributed by atoms with Gasteiger partial charge >= 0.3 is 10.4 Å². The Morgan fingerprint density at radius 3 is 1.67 bits per heavy atom. The Bertz CT molecular complexity index is 1030. The molecule has 1 aliphatic heterocycles. The predicted octanol–water partition coefficient (Wildman–Crippen LogP) is 7.60. The average Bonchev–Trinajstić information content (AvgIpc) is 3.14. The maximum Gasteiger partial charge on any atom is 0.397 e. The molecule has 1 amide bonds. The second kappa shape index (κ2) is 32.9. The van der Waals surface area contributed by atoms with Crippen LogP contribution < -0.4 is 5.32 Å². The van der Waals surface area contributed by atoms with Crippen LogP contribution in [0.5, 0.6) is 0 Å². The lowest BCUT2D eigenvalue weighted by Crippen LogP contribution is -2.61. The van der Waals surface area contributed by atoms with E-state index < -0.39 is 59.9 Å². The van der Waals surface area contributed by atoms with Gasteiger partial charge in [0.25, 0.3) is 0 Å². The van der Waals surface area contributed by atoms with E-state index in [0.717, 1.165) is 64.2 Å². The van der Waals surface area contributed by atoms with Crippen LogP contribution in [0.2, 0.25) is 0 Å². The van der Waals surface area contributed by atoms with Crippen LogP contribution in [-0.4, -0.2) is 95.4 Å². The fourth-order valence-electron chi connectivity index (χ4n) is 6.92. The molecule has 12 nitrogen and oxygen atoms in total. The average molecular weight is 794 g/mol. The molecule has 13 heteroatoms. The van der Waals surface area contributed by atoms with Gasteiger partial charge in [0.15, 0.2) is 6.29 Å². The first kappa shape index (κ1) is 50.9. The molecule has 0 aliphatic carbocycles. The number of carbonyl (C=O) groups excluding carboxylic acids is 1. The highest BCUT2D eigenvalue weighted by Crippen LogP contribution is 2.26. The van der Waals surface area contributed by atoms with Crippen molar-refractivity contribution in [2.75, 3.05) is 13.2 Å². The van der Waals surface area contributed by atoms with E-state index in [9.17, 15) is 33.6 Å². The van der Waals surface area contributed by atoms with Gasteiger partial charge in [0.1, 0.15) is 24.4 Å². The van der Waals surface area contributed by atoms with Gasteiger partial charge in [0.05, 0.1) is 25.4 Å². The Morgan fingerprint density at radius 2 is 1.19 bits per heavy atom. The molecule has 7 atom stereocenters. The fourth-order valence-corrected chi connectivity index (χ4v) is 7.43. The lowest BCUT2D eigenvalue weighted by Gasteiger charge is -2.41. The van der Waals surface area contributed by atoms with Crippen molar-refractivity contribution in [3.8, 4) is 0 Å². The van der Waals surface area contributed by atoms with Crippen molar-refractivity contribution < 1.29 is 51.8 Å². The summed E-state index contributed by atoms with van der Waals surface area (Å²) in [5.41, 5.74) is 0. The van der Waals surface area contributed by atoms with Gasteiger partial charge in [0, 0.05) is 6.42 Å². The number of aliphatic hydroxyl groups is 4. The van der Waals surface area contributed by atoms with Crippen LogP contribution in [0.15, 0.2) is 12.2 Å². The van der Waals surface area contributed by atoms with Crippen molar-refractivity contribution in [2.24, 2.45) is 0 Å². The van der Waals surface area contributed by atoms with Gasteiger partial charge in [-0.2, -0.15) is 8.42 Å². The summed E-state index contributed by atoms with van der Waals surface area (Å²) in [5.74, 6) is -0.240. The number of allylic oxidation sites excluding steroid dienone is 2. The van der Waals surface area contributed by atoms with Gasteiger partial charge in [0.2, 0.25) is 5.91 Å². The molecule has 1 rings (SSSR count). The lowest BCUT2D eigenvalue weighted by atomic mass is 9.99. The summed E-state index contributed by atoms with van der Waals surface area (Å²) in [6.45, 7) is 3.41. The summed E-state index contributed by atoms with van der Waals surface area (Å²) in [7, 11) is -5.07. The number of amides is 1. The van der Waals surface area contributed by atoms with Crippen molar-refractivity contribution in [1.82, 2.24) is 5.32 Å². The first-order chi connectivity index (χ1) is 26.0. The van der Waals surface area contributed by atoms with E-state index in [0.29, 0.717) is 12.8 Å². The van der Waals surface area contributed by atoms with Crippen LogP contribution in [0.3, 0.4) is 0 Å². The number of carbonyl (C=O) groups is 1. The van der Waals surface area contributed by atoms with E-state index in [1.54, 1.807) is 0 Å². The van der Waals surface area contributed by atoms with Gasteiger partial charge in [-0.3, -0.25) is 9.35 Å². The Morgan fingerprint density at radius 1 is 0.722 bits per heavy atom. The Balaban J connectivity index is 2.53. The van der Waals surface area contributed by atoms with E-state index in [2.05, 4.69) is 35.5 Å². The summed E-state index contributed by atoms with van der Waals surface area (Å²) in [6, 6.07) is -0.857. The number of aliphatic hydroxyl groups excluding tert-OH is 4. The minimum Gasteiger partial charge on any atom is -0.394 e. The van der Waals surface area contributed by atoms with Crippen molar-refractivity contribution in [3.05, 3.63) is 12.2 Å². The van der Waals surface area contributed by atoms with Crippen molar-refractivity contribution in [2.45, 2.75) is 230 Å². The molecule has 0 aromatic rings. The largest absolute Gasteiger partial charge is 0.397 e.